The van der Waals surface area contributed by atoms with E-state index in [1.165, 1.54) is 4.88 Å². The second-order valence-electron chi connectivity index (χ2n) is 8.64. The van der Waals surface area contributed by atoms with Gasteiger partial charge in [-0.05, 0) is 34.6 Å². The summed E-state index contributed by atoms with van der Waals surface area (Å²) in [6.45, 7) is 4.70. The van der Waals surface area contributed by atoms with Crippen molar-refractivity contribution in [3.05, 3.63) is 94.3 Å². The highest BCUT2D eigenvalue weighted by molar-refractivity contribution is 7.10. The maximum absolute atomic E-state index is 13.1. The number of carbonyl (C=O) groups excluding carboxylic acids is 2. The third-order valence-electron chi connectivity index (χ3n) is 5.90. The zero-order valence-electron chi connectivity index (χ0n) is 19.4. The van der Waals surface area contributed by atoms with Crippen LogP contribution in [0.4, 0.5) is 4.79 Å². The molecule has 2 heterocycles. The Balaban J connectivity index is 1.42. The Kier molecular flexibility index (Phi) is 7.65. The van der Waals surface area contributed by atoms with Crippen molar-refractivity contribution in [3.8, 4) is 0 Å². The number of thiophene rings is 1. The van der Waals surface area contributed by atoms with Gasteiger partial charge in [0.2, 0.25) is 5.91 Å². The van der Waals surface area contributed by atoms with Gasteiger partial charge in [-0.2, -0.15) is 0 Å². The first-order valence-corrected chi connectivity index (χ1v) is 12.4. The largest absolute Gasteiger partial charge is 0.361 e. The molecule has 4 rings (SSSR count). The molecule has 0 saturated carbocycles. The number of hydrogen-bond donors (Lipinski definition) is 4. The number of rotatable bonds is 9. The number of aromatic nitrogens is 1. The molecular weight excluding hydrogens is 444 g/mol. The quantitative estimate of drug-likeness (QED) is 0.275. The minimum atomic E-state index is -0.636. The monoisotopic (exact) mass is 474 g/mol. The van der Waals surface area contributed by atoms with E-state index in [9.17, 15) is 9.59 Å². The number of para-hydroxylation sites is 1. The van der Waals surface area contributed by atoms with Crippen LogP contribution in [0.1, 0.15) is 35.8 Å². The van der Waals surface area contributed by atoms with Crippen molar-refractivity contribution in [1.29, 1.82) is 0 Å². The van der Waals surface area contributed by atoms with Gasteiger partial charge < -0.3 is 20.9 Å². The van der Waals surface area contributed by atoms with E-state index in [-0.39, 0.29) is 23.8 Å². The zero-order valence-corrected chi connectivity index (χ0v) is 20.2. The van der Waals surface area contributed by atoms with Crippen molar-refractivity contribution >= 4 is 34.2 Å². The number of H-pyrrole nitrogens is 1. The minimum absolute atomic E-state index is 0.0137. The van der Waals surface area contributed by atoms with Gasteiger partial charge >= 0.3 is 6.03 Å². The van der Waals surface area contributed by atoms with Crippen LogP contribution in [0.25, 0.3) is 10.9 Å². The van der Waals surface area contributed by atoms with Crippen molar-refractivity contribution in [2.24, 2.45) is 5.92 Å². The van der Waals surface area contributed by atoms with Crippen molar-refractivity contribution in [3.63, 3.8) is 0 Å². The average molecular weight is 475 g/mol. The second-order valence-corrected chi connectivity index (χ2v) is 9.62. The van der Waals surface area contributed by atoms with Crippen LogP contribution in [-0.4, -0.2) is 29.5 Å². The van der Waals surface area contributed by atoms with Crippen molar-refractivity contribution in [1.82, 2.24) is 20.9 Å². The van der Waals surface area contributed by atoms with Crippen LogP contribution in [-0.2, 0) is 11.3 Å². The number of aromatic amines is 1. The van der Waals surface area contributed by atoms with Gasteiger partial charge in [0.15, 0.2) is 0 Å². The first-order chi connectivity index (χ1) is 16.5. The van der Waals surface area contributed by atoms with Crippen molar-refractivity contribution in [2.75, 3.05) is 6.54 Å². The summed E-state index contributed by atoms with van der Waals surface area (Å²) in [7, 11) is 0. The van der Waals surface area contributed by atoms with Gasteiger partial charge in [0.25, 0.3) is 0 Å². The number of amides is 3. The lowest BCUT2D eigenvalue weighted by Gasteiger charge is -2.24. The first kappa shape index (κ1) is 23.6. The van der Waals surface area contributed by atoms with Gasteiger partial charge in [0.05, 0.1) is 0 Å². The Morgan fingerprint density at radius 1 is 0.941 bits per heavy atom. The molecule has 3 amide bonds. The van der Waals surface area contributed by atoms with E-state index in [1.807, 2.05) is 68.6 Å². The fourth-order valence-electron chi connectivity index (χ4n) is 4.05. The summed E-state index contributed by atoms with van der Waals surface area (Å²) in [5.41, 5.74) is 3.22. The molecule has 6 nitrogen and oxygen atoms in total. The number of hydrogen-bond acceptors (Lipinski definition) is 3. The Hall–Kier alpha value is -3.58. The lowest BCUT2D eigenvalue weighted by atomic mass is 9.96. The number of carbonyl (C=O) groups is 2. The Morgan fingerprint density at radius 2 is 1.71 bits per heavy atom. The number of nitrogens with one attached hydrogen (secondary N) is 4. The van der Waals surface area contributed by atoms with E-state index in [0.717, 1.165) is 22.0 Å². The van der Waals surface area contributed by atoms with E-state index in [1.54, 1.807) is 11.3 Å². The van der Waals surface area contributed by atoms with E-state index < -0.39 is 6.04 Å². The normalized spacial score (nSPS) is 12.9. The molecule has 0 fully saturated rings. The molecule has 4 aromatic rings. The molecule has 0 spiro atoms. The molecule has 0 aliphatic rings. The van der Waals surface area contributed by atoms with Crippen LogP contribution in [0.3, 0.4) is 0 Å². The fourth-order valence-corrected chi connectivity index (χ4v) is 4.90. The van der Waals surface area contributed by atoms with Crippen LogP contribution in [0, 0.1) is 5.92 Å². The molecule has 176 valence electrons. The lowest BCUT2D eigenvalue weighted by molar-refractivity contribution is -0.123. The third-order valence-corrected chi connectivity index (χ3v) is 6.88. The van der Waals surface area contributed by atoms with Gasteiger partial charge in [0.1, 0.15) is 6.04 Å². The minimum Gasteiger partial charge on any atom is -0.361 e. The van der Waals surface area contributed by atoms with Gasteiger partial charge in [0, 0.05) is 41.0 Å². The number of fused-ring (bicyclic) bond motifs is 1. The topological polar surface area (TPSA) is 86.0 Å². The predicted molar refractivity (Wildman–Crippen MR) is 138 cm³/mol. The molecule has 7 heteroatoms. The highest BCUT2D eigenvalue weighted by Crippen LogP contribution is 2.32. The molecule has 0 aliphatic carbocycles. The smallest absolute Gasteiger partial charge is 0.315 e. The molecule has 2 aromatic heterocycles. The van der Waals surface area contributed by atoms with Crippen molar-refractivity contribution in [2.45, 2.75) is 32.4 Å². The van der Waals surface area contributed by atoms with Crippen LogP contribution in [0.5, 0.6) is 0 Å². The van der Waals surface area contributed by atoms with Crippen molar-refractivity contribution < 1.29 is 9.59 Å². The molecule has 34 heavy (non-hydrogen) atoms. The Bertz CT molecular complexity index is 1220. The molecule has 2 atom stereocenters. The van der Waals surface area contributed by atoms with Crippen LogP contribution in [0.2, 0.25) is 0 Å². The number of benzene rings is 2. The molecular formula is C27H30N4O2S. The Morgan fingerprint density at radius 3 is 2.44 bits per heavy atom. The zero-order chi connectivity index (χ0) is 23.9. The average Bonchev–Trinajstić information content (AvgIpc) is 3.53. The van der Waals surface area contributed by atoms with E-state index in [2.05, 4.69) is 44.5 Å². The molecule has 0 bridgehead atoms. The molecule has 4 N–H and O–H groups in total. The summed E-state index contributed by atoms with van der Waals surface area (Å²) in [6, 6.07) is 21.0. The molecule has 0 saturated heterocycles. The third kappa shape index (κ3) is 5.66. The van der Waals surface area contributed by atoms with Gasteiger partial charge in [-0.1, -0.05) is 68.4 Å². The van der Waals surface area contributed by atoms with E-state index >= 15 is 0 Å². The number of urea groups is 1. The molecule has 2 aromatic carbocycles. The summed E-state index contributed by atoms with van der Waals surface area (Å²) in [5, 5.41) is 12.0. The van der Waals surface area contributed by atoms with Gasteiger partial charge in [-0.15, -0.1) is 11.3 Å². The maximum Gasteiger partial charge on any atom is 0.315 e. The standard InChI is InChI=1S/C27H30N4O2S/c1-18(2)25(31-27(33)30-15-19-9-4-3-5-10-19)26(32)29-17-22(24-13-8-14-34-24)21-16-28-23-12-7-6-11-20(21)23/h3-14,16,18,22,25,28H,15,17H2,1-2H3,(H,29,32)(H2,30,31,33). The lowest BCUT2D eigenvalue weighted by Crippen LogP contribution is -2.52. The van der Waals surface area contributed by atoms with Crippen LogP contribution < -0.4 is 16.0 Å². The highest BCUT2D eigenvalue weighted by atomic mass is 32.1. The van der Waals surface area contributed by atoms with Crippen LogP contribution in [0.15, 0.2) is 78.3 Å². The molecule has 0 radical (unpaired) electrons. The van der Waals surface area contributed by atoms with E-state index in [0.29, 0.717) is 13.1 Å². The predicted octanol–water partition coefficient (Wildman–Crippen LogP) is 5.00. The summed E-state index contributed by atoms with van der Waals surface area (Å²) in [4.78, 5) is 30.2. The summed E-state index contributed by atoms with van der Waals surface area (Å²) < 4.78 is 0. The van der Waals surface area contributed by atoms with E-state index in [4.69, 9.17) is 0 Å². The van der Waals surface area contributed by atoms with Crippen LogP contribution >= 0.6 is 11.3 Å². The summed E-state index contributed by atoms with van der Waals surface area (Å²) in [5.74, 6) is -0.234. The summed E-state index contributed by atoms with van der Waals surface area (Å²) in [6.07, 6.45) is 2.02. The van der Waals surface area contributed by atoms with Gasteiger partial charge in [-0.25, -0.2) is 4.79 Å². The fraction of sp³-hybridized carbons (Fsp3) is 0.259. The maximum atomic E-state index is 13.1. The molecule has 2 unspecified atom stereocenters. The summed E-state index contributed by atoms with van der Waals surface area (Å²) >= 11 is 1.67. The van der Waals surface area contributed by atoms with Gasteiger partial charge in [-0.3, -0.25) is 4.79 Å². The SMILES string of the molecule is CC(C)C(NC(=O)NCc1ccccc1)C(=O)NCC(c1cccs1)c1c[nH]c2ccccc12. The Labute approximate surface area is 203 Å². The highest BCUT2D eigenvalue weighted by Gasteiger charge is 2.26. The first-order valence-electron chi connectivity index (χ1n) is 11.5. The second kappa shape index (κ2) is 11.0. The molecule has 0 aliphatic heterocycles.